The predicted molar refractivity (Wildman–Crippen MR) is 108 cm³/mol. The van der Waals surface area contributed by atoms with Crippen LogP contribution in [0.2, 0.25) is 0 Å². The molecular formula is C22H25NO3S. The summed E-state index contributed by atoms with van der Waals surface area (Å²) in [6.07, 6.45) is 3.10. The Morgan fingerprint density at radius 2 is 1.70 bits per heavy atom. The number of aromatic carboxylic acids is 1. The molecule has 0 aromatic heterocycles. The number of thioether (sulfide) groups is 1. The number of hydrogen-bond donors (Lipinski definition) is 1. The molecule has 5 heteroatoms. The van der Waals surface area contributed by atoms with E-state index in [-0.39, 0.29) is 16.7 Å². The van der Waals surface area contributed by atoms with Gasteiger partial charge in [0.1, 0.15) is 0 Å². The first-order valence-electron chi connectivity index (χ1n) is 9.36. The zero-order valence-electron chi connectivity index (χ0n) is 15.5. The van der Waals surface area contributed by atoms with E-state index in [2.05, 4.69) is 24.3 Å². The van der Waals surface area contributed by atoms with Gasteiger partial charge in [0.2, 0.25) is 5.91 Å². The van der Waals surface area contributed by atoms with Crippen molar-refractivity contribution in [2.75, 3.05) is 13.1 Å². The van der Waals surface area contributed by atoms with E-state index < -0.39 is 5.97 Å². The molecule has 2 aromatic rings. The quantitative estimate of drug-likeness (QED) is 0.754. The largest absolute Gasteiger partial charge is 0.478 e. The summed E-state index contributed by atoms with van der Waals surface area (Å²) >= 11 is 1.33. The molecule has 0 spiro atoms. The minimum Gasteiger partial charge on any atom is -0.478 e. The van der Waals surface area contributed by atoms with Crippen molar-refractivity contribution in [2.45, 2.75) is 36.3 Å². The molecule has 1 saturated heterocycles. The molecule has 2 aromatic carbocycles. The maximum atomic E-state index is 12.8. The molecule has 1 N–H and O–H groups in total. The van der Waals surface area contributed by atoms with E-state index in [9.17, 15) is 14.7 Å². The van der Waals surface area contributed by atoms with Gasteiger partial charge in [0.05, 0.1) is 10.8 Å². The maximum absolute atomic E-state index is 12.8. The average Bonchev–Trinajstić information content (AvgIpc) is 2.69. The number of benzene rings is 2. The molecule has 4 nitrogen and oxygen atoms in total. The van der Waals surface area contributed by atoms with Crippen LogP contribution in [-0.4, -0.2) is 40.2 Å². The third-order valence-corrected chi connectivity index (χ3v) is 6.23. The van der Waals surface area contributed by atoms with E-state index >= 15 is 0 Å². The van der Waals surface area contributed by atoms with Crippen molar-refractivity contribution in [1.29, 1.82) is 0 Å². The first-order chi connectivity index (χ1) is 13.0. The van der Waals surface area contributed by atoms with Crippen LogP contribution < -0.4 is 0 Å². The smallest absolute Gasteiger partial charge is 0.336 e. The zero-order valence-corrected chi connectivity index (χ0v) is 16.3. The first-order valence-corrected chi connectivity index (χ1v) is 10.2. The molecular weight excluding hydrogens is 358 g/mol. The van der Waals surface area contributed by atoms with Gasteiger partial charge in [0, 0.05) is 18.0 Å². The number of likely N-dealkylation sites (tertiary alicyclic amines) is 1. The van der Waals surface area contributed by atoms with Gasteiger partial charge in [-0.2, -0.15) is 0 Å². The Morgan fingerprint density at radius 3 is 2.37 bits per heavy atom. The van der Waals surface area contributed by atoms with Gasteiger partial charge in [-0.25, -0.2) is 4.79 Å². The Kier molecular flexibility index (Phi) is 6.56. The molecule has 27 heavy (non-hydrogen) atoms. The fraction of sp³-hybridized carbons (Fsp3) is 0.364. The van der Waals surface area contributed by atoms with Crippen LogP contribution in [0.15, 0.2) is 59.5 Å². The number of hydrogen-bond acceptors (Lipinski definition) is 3. The molecule has 142 valence electrons. The molecule has 1 aliphatic rings. The van der Waals surface area contributed by atoms with Gasteiger partial charge >= 0.3 is 5.97 Å². The second-order valence-corrected chi connectivity index (χ2v) is 8.40. The standard InChI is InChI=1S/C22H25NO3S/c1-16(27-20-10-6-5-9-19(20)22(25)26)21(24)23-13-11-18(12-14-23)15-17-7-3-2-4-8-17/h2-10,16,18H,11-15H2,1H3,(H,25,26). The van der Waals surface area contributed by atoms with Gasteiger partial charge in [-0.1, -0.05) is 42.5 Å². The van der Waals surface area contributed by atoms with Crippen LogP contribution in [0.4, 0.5) is 0 Å². The van der Waals surface area contributed by atoms with Gasteiger partial charge in [-0.3, -0.25) is 4.79 Å². The highest BCUT2D eigenvalue weighted by molar-refractivity contribution is 8.00. The van der Waals surface area contributed by atoms with Crippen LogP contribution >= 0.6 is 11.8 Å². The van der Waals surface area contributed by atoms with E-state index in [4.69, 9.17) is 0 Å². The summed E-state index contributed by atoms with van der Waals surface area (Å²) in [5.41, 5.74) is 1.61. The molecule has 0 aliphatic carbocycles. The topological polar surface area (TPSA) is 57.6 Å². The first kappa shape index (κ1) is 19.5. The van der Waals surface area contributed by atoms with Gasteiger partial charge < -0.3 is 10.0 Å². The third kappa shape index (κ3) is 5.13. The molecule has 1 unspecified atom stereocenters. The van der Waals surface area contributed by atoms with Crippen molar-refractivity contribution < 1.29 is 14.7 Å². The van der Waals surface area contributed by atoms with E-state index in [0.717, 1.165) is 32.4 Å². The van der Waals surface area contributed by atoms with Crippen LogP contribution in [0.1, 0.15) is 35.7 Å². The third-order valence-electron chi connectivity index (χ3n) is 5.06. The number of piperidine rings is 1. The lowest BCUT2D eigenvalue weighted by atomic mass is 9.90. The Morgan fingerprint density at radius 1 is 1.07 bits per heavy atom. The molecule has 1 heterocycles. The number of rotatable bonds is 6. The normalized spacial score (nSPS) is 16.1. The number of carboxylic acids is 1. The summed E-state index contributed by atoms with van der Waals surface area (Å²) in [6.45, 7) is 3.42. The molecule has 1 atom stereocenters. The average molecular weight is 384 g/mol. The molecule has 3 rings (SSSR count). The molecule has 0 saturated carbocycles. The lowest BCUT2D eigenvalue weighted by Gasteiger charge is -2.33. The highest BCUT2D eigenvalue weighted by atomic mass is 32.2. The lowest BCUT2D eigenvalue weighted by Crippen LogP contribution is -2.42. The summed E-state index contributed by atoms with van der Waals surface area (Å²) in [7, 11) is 0. The SMILES string of the molecule is CC(Sc1ccccc1C(=O)O)C(=O)N1CCC(Cc2ccccc2)CC1. The van der Waals surface area contributed by atoms with E-state index in [1.165, 1.54) is 17.3 Å². The number of carbonyl (C=O) groups excluding carboxylic acids is 1. The zero-order chi connectivity index (χ0) is 19.2. The highest BCUT2D eigenvalue weighted by Gasteiger charge is 2.27. The maximum Gasteiger partial charge on any atom is 0.336 e. The van der Waals surface area contributed by atoms with Crippen LogP contribution in [0.5, 0.6) is 0 Å². The summed E-state index contributed by atoms with van der Waals surface area (Å²) in [6, 6.07) is 17.4. The van der Waals surface area contributed by atoms with Gasteiger partial charge in [-0.15, -0.1) is 11.8 Å². The van der Waals surface area contributed by atoms with Crippen LogP contribution in [-0.2, 0) is 11.2 Å². The fourth-order valence-corrected chi connectivity index (χ4v) is 4.62. The summed E-state index contributed by atoms with van der Waals surface area (Å²) in [5, 5.41) is 9.01. The van der Waals surface area contributed by atoms with E-state index in [1.54, 1.807) is 24.3 Å². The predicted octanol–water partition coefficient (Wildman–Crippen LogP) is 4.35. The summed E-state index contributed by atoms with van der Waals surface area (Å²) < 4.78 is 0. The van der Waals surface area contributed by atoms with Gasteiger partial charge in [-0.05, 0) is 49.8 Å². The van der Waals surface area contributed by atoms with Crippen LogP contribution in [0.3, 0.4) is 0 Å². The minimum atomic E-state index is -0.959. The Balaban J connectivity index is 1.54. The summed E-state index contributed by atoms with van der Waals surface area (Å²) in [5.74, 6) is -0.245. The summed E-state index contributed by atoms with van der Waals surface area (Å²) in [4.78, 5) is 26.7. The second-order valence-electron chi connectivity index (χ2n) is 7.02. The minimum absolute atomic E-state index is 0.0957. The Labute approximate surface area is 164 Å². The monoisotopic (exact) mass is 383 g/mol. The molecule has 1 fully saturated rings. The van der Waals surface area contributed by atoms with Crippen LogP contribution in [0.25, 0.3) is 0 Å². The van der Waals surface area contributed by atoms with Crippen molar-refractivity contribution in [1.82, 2.24) is 4.90 Å². The molecule has 1 aliphatic heterocycles. The number of carboxylic acid groups (broad SMARTS) is 1. The van der Waals surface area contributed by atoms with Crippen molar-refractivity contribution >= 4 is 23.6 Å². The molecule has 0 bridgehead atoms. The number of nitrogens with zero attached hydrogens (tertiary/aromatic N) is 1. The van der Waals surface area contributed by atoms with Crippen molar-refractivity contribution in [3.05, 3.63) is 65.7 Å². The fourth-order valence-electron chi connectivity index (χ4n) is 3.55. The molecule has 1 amide bonds. The van der Waals surface area contributed by atoms with Gasteiger partial charge in [0.25, 0.3) is 0 Å². The second kappa shape index (κ2) is 9.09. The number of amides is 1. The van der Waals surface area contributed by atoms with Crippen LogP contribution in [0, 0.1) is 5.92 Å². The highest BCUT2D eigenvalue weighted by Crippen LogP contribution is 2.29. The lowest BCUT2D eigenvalue weighted by molar-refractivity contribution is -0.131. The van der Waals surface area contributed by atoms with Crippen molar-refractivity contribution in [3.8, 4) is 0 Å². The Hall–Kier alpha value is -2.27. The Bertz CT molecular complexity index is 785. The molecule has 0 radical (unpaired) electrons. The van der Waals surface area contributed by atoms with Crippen molar-refractivity contribution in [3.63, 3.8) is 0 Å². The van der Waals surface area contributed by atoms with E-state index in [1.807, 2.05) is 17.9 Å². The van der Waals surface area contributed by atoms with Crippen molar-refractivity contribution in [2.24, 2.45) is 5.92 Å². The van der Waals surface area contributed by atoms with Gasteiger partial charge in [0.15, 0.2) is 0 Å². The van der Waals surface area contributed by atoms with E-state index in [0.29, 0.717) is 10.8 Å². The number of carbonyl (C=O) groups is 2.